The molecule has 2 N–H and O–H groups in total. The Balaban J connectivity index is 2.01. The van der Waals surface area contributed by atoms with Crippen LogP contribution in [0.4, 0.5) is 11.4 Å². The quantitative estimate of drug-likeness (QED) is 0.501. The van der Waals surface area contributed by atoms with E-state index in [1.165, 1.54) is 43.7 Å². The summed E-state index contributed by atoms with van der Waals surface area (Å²) in [7, 11) is -2.36. The summed E-state index contributed by atoms with van der Waals surface area (Å²) in [6, 6.07) is 15.4. The summed E-state index contributed by atoms with van der Waals surface area (Å²) in [6.45, 7) is 0. The third-order valence-corrected chi connectivity index (χ3v) is 6.02. The van der Waals surface area contributed by atoms with Crippen molar-refractivity contribution in [2.75, 3.05) is 11.8 Å². The van der Waals surface area contributed by atoms with Crippen molar-refractivity contribution in [3.05, 3.63) is 76.3 Å². The average molecular weight is 451 g/mol. The first-order valence-corrected chi connectivity index (χ1v) is 10.5. The predicted molar refractivity (Wildman–Crippen MR) is 116 cm³/mol. The summed E-state index contributed by atoms with van der Waals surface area (Å²) in [4.78, 5) is 4.37. The Bertz CT molecular complexity index is 1170. The van der Waals surface area contributed by atoms with E-state index in [0.29, 0.717) is 11.3 Å². The molecule has 0 aromatic heterocycles. The van der Waals surface area contributed by atoms with Gasteiger partial charge in [-0.15, -0.1) is 0 Å². The van der Waals surface area contributed by atoms with Crippen molar-refractivity contribution >= 4 is 50.8 Å². The molecule has 0 aliphatic rings. The molecule has 0 bridgehead atoms. The topological polar surface area (TPSA) is 88.0 Å². The lowest BCUT2D eigenvalue weighted by Crippen LogP contribution is -2.13. The number of aromatic hydroxyl groups is 1. The molecule has 0 radical (unpaired) electrons. The molecule has 150 valence electrons. The number of phenolic OH excluding ortho intramolecular Hbond substituents is 1. The lowest BCUT2D eigenvalue weighted by molar-refractivity contribution is 0.412. The molecule has 0 amide bonds. The second kappa shape index (κ2) is 8.73. The normalized spacial score (nSPS) is 11.6. The van der Waals surface area contributed by atoms with E-state index in [1.54, 1.807) is 30.3 Å². The SMILES string of the molecule is COc1ccc(O)c(C=Nc2cc(Cl)c(Cl)cc2NS(=O)(=O)c2ccccc2)c1. The summed E-state index contributed by atoms with van der Waals surface area (Å²) >= 11 is 12.1. The zero-order valence-corrected chi connectivity index (χ0v) is 17.5. The number of nitrogens with one attached hydrogen (secondary N) is 1. The van der Waals surface area contributed by atoms with Crippen LogP contribution in [-0.2, 0) is 10.0 Å². The molecule has 0 saturated carbocycles. The van der Waals surface area contributed by atoms with E-state index in [4.69, 9.17) is 27.9 Å². The number of phenols is 1. The molecule has 3 rings (SSSR count). The van der Waals surface area contributed by atoms with Crippen LogP contribution in [0.3, 0.4) is 0 Å². The Kier molecular flexibility index (Phi) is 6.32. The van der Waals surface area contributed by atoms with Crippen molar-refractivity contribution in [3.63, 3.8) is 0 Å². The van der Waals surface area contributed by atoms with Gasteiger partial charge in [-0.2, -0.15) is 0 Å². The first-order chi connectivity index (χ1) is 13.8. The minimum atomic E-state index is -3.86. The summed E-state index contributed by atoms with van der Waals surface area (Å²) in [5, 5.41) is 10.4. The maximum absolute atomic E-state index is 12.7. The molecule has 0 heterocycles. The van der Waals surface area contributed by atoms with Crippen LogP contribution >= 0.6 is 23.2 Å². The zero-order valence-electron chi connectivity index (χ0n) is 15.1. The molecule has 0 spiro atoms. The van der Waals surface area contributed by atoms with Gasteiger partial charge in [0.1, 0.15) is 11.5 Å². The number of methoxy groups -OCH3 is 1. The maximum Gasteiger partial charge on any atom is 0.261 e. The average Bonchev–Trinajstić information content (AvgIpc) is 2.71. The number of halogens is 2. The van der Waals surface area contributed by atoms with E-state index in [0.717, 1.165) is 0 Å². The van der Waals surface area contributed by atoms with Gasteiger partial charge in [0.2, 0.25) is 0 Å². The van der Waals surface area contributed by atoms with Gasteiger partial charge < -0.3 is 9.84 Å². The van der Waals surface area contributed by atoms with Gasteiger partial charge in [0.15, 0.2) is 0 Å². The summed E-state index contributed by atoms with van der Waals surface area (Å²) in [5.74, 6) is 0.518. The first-order valence-electron chi connectivity index (χ1n) is 8.28. The van der Waals surface area contributed by atoms with Crippen molar-refractivity contribution in [2.24, 2.45) is 4.99 Å². The molecule has 0 fully saturated rings. The lowest BCUT2D eigenvalue weighted by Gasteiger charge is -2.12. The fourth-order valence-electron chi connectivity index (χ4n) is 2.43. The predicted octanol–water partition coefficient (Wildman–Crippen LogP) is 5.26. The highest BCUT2D eigenvalue weighted by Gasteiger charge is 2.17. The molecule has 6 nitrogen and oxygen atoms in total. The second-order valence-electron chi connectivity index (χ2n) is 5.88. The summed E-state index contributed by atoms with van der Waals surface area (Å²) in [6.07, 6.45) is 1.37. The molecule has 0 aliphatic heterocycles. The minimum absolute atomic E-state index is 0.0129. The Labute approximate surface area is 178 Å². The molecule has 0 saturated heterocycles. The number of aliphatic imine (C=N–C) groups is 1. The van der Waals surface area contributed by atoms with Crippen LogP contribution in [0.15, 0.2) is 70.6 Å². The van der Waals surface area contributed by atoms with Crippen LogP contribution in [0.2, 0.25) is 10.0 Å². The highest BCUT2D eigenvalue weighted by atomic mass is 35.5. The van der Waals surface area contributed by atoms with Crippen LogP contribution in [0, 0.1) is 0 Å². The number of hydrogen-bond donors (Lipinski definition) is 2. The van der Waals surface area contributed by atoms with Gasteiger partial charge in [-0.25, -0.2) is 8.42 Å². The van der Waals surface area contributed by atoms with Crippen molar-refractivity contribution in [1.29, 1.82) is 0 Å². The number of rotatable bonds is 6. The van der Waals surface area contributed by atoms with E-state index in [2.05, 4.69) is 9.71 Å². The lowest BCUT2D eigenvalue weighted by atomic mass is 10.2. The van der Waals surface area contributed by atoms with Gasteiger partial charge in [-0.3, -0.25) is 9.71 Å². The molecule has 0 aliphatic carbocycles. The van der Waals surface area contributed by atoms with E-state index < -0.39 is 10.0 Å². The van der Waals surface area contributed by atoms with Gasteiger partial charge in [0.25, 0.3) is 10.0 Å². The fourth-order valence-corrected chi connectivity index (χ4v) is 3.84. The number of nitrogens with zero attached hydrogens (tertiary/aromatic N) is 1. The van der Waals surface area contributed by atoms with E-state index >= 15 is 0 Å². The third kappa shape index (κ3) is 5.00. The Morgan fingerprint density at radius 3 is 2.41 bits per heavy atom. The molecular formula is C20H16Cl2N2O4S. The second-order valence-corrected chi connectivity index (χ2v) is 8.38. The number of anilines is 1. The molecule has 3 aromatic carbocycles. The van der Waals surface area contributed by atoms with Crippen molar-refractivity contribution in [1.82, 2.24) is 0 Å². The van der Waals surface area contributed by atoms with Crippen molar-refractivity contribution in [2.45, 2.75) is 4.90 Å². The van der Waals surface area contributed by atoms with E-state index in [1.807, 2.05) is 0 Å². The van der Waals surface area contributed by atoms with Crippen molar-refractivity contribution < 1.29 is 18.3 Å². The van der Waals surface area contributed by atoms with Gasteiger partial charge >= 0.3 is 0 Å². The van der Waals surface area contributed by atoms with Gasteiger partial charge in [-0.05, 0) is 42.5 Å². The van der Waals surface area contributed by atoms with E-state index in [9.17, 15) is 13.5 Å². The van der Waals surface area contributed by atoms with Crippen molar-refractivity contribution in [3.8, 4) is 11.5 Å². The Morgan fingerprint density at radius 1 is 1.03 bits per heavy atom. The van der Waals surface area contributed by atoms with Crippen LogP contribution in [-0.4, -0.2) is 26.8 Å². The van der Waals surface area contributed by atoms with E-state index in [-0.39, 0.29) is 32.1 Å². The minimum Gasteiger partial charge on any atom is -0.507 e. The summed E-state index contributed by atoms with van der Waals surface area (Å²) in [5.41, 5.74) is 0.746. The van der Waals surface area contributed by atoms with Gasteiger partial charge in [-0.1, -0.05) is 41.4 Å². The zero-order chi connectivity index (χ0) is 21.0. The monoisotopic (exact) mass is 450 g/mol. The van der Waals surface area contributed by atoms with Crippen LogP contribution in [0.25, 0.3) is 0 Å². The molecule has 9 heteroatoms. The number of ether oxygens (including phenoxy) is 1. The summed E-state index contributed by atoms with van der Waals surface area (Å²) < 4.78 is 32.9. The van der Waals surface area contributed by atoms with Gasteiger partial charge in [0.05, 0.1) is 33.4 Å². The molecule has 0 unspecified atom stereocenters. The van der Waals surface area contributed by atoms with Crippen LogP contribution in [0.5, 0.6) is 11.5 Å². The highest BCUT2D eigenvalue weighted by molar-refractivity contribution is 7.92. The number of benzene rings is 3. The standard InChI is InChI=1S/C20H16Cl2N2O4S/c1-28-14-7-8-20(25)13(9-14)12-23-18-10-16(21)17(22)11-19(18)24-29(26,27)15-5-3-2-4-6-15/h2-12,24-25H,1H3. The van der Waals surface area contributed by atoms with Crippen LogP contribution < -0.4 is 9.46 Å². The third-order valence-electron chi connectivity index (χ3n) is 3.91. The molecular weight excluding hydrogens is 435 g/mol. The fraction of sp³-hybridized carbons (Fsp3) is 0.0500. The highest BCUT2D eigenvalue weighted by Crippen LogP contribution is 2.36. The Morgan fingerprint density at radius 2 is 1.72 bits per heavy atom. The maximum atomic E-state index is 12.7. The molecule has 0 atom stereocenters. The number of sulfonamides is 1. The Hall–Kier alpha value is -2.74. The number of hydrogen-bond acceptors (Lipinski definition) is 5. The molecule has 3 aromatic rings. The van der Waals surface area contributed by atoms with Crippen LogP contribution in [0.1, 0.15) is 5.56 Å². The first kappa shape index (κ1) is 21.0. The molecule has 29 heavy (non-hydrogen) atoms. The smallest absolute Gasteiger partial charge is 0.261 e. The largest absolute Gasteiger partial charge is 0.507 e. The van der Waals surface area contributed by atoms with Gasteiger partial charge in [0, 0.05) is 11.8 Å².